The lowest BCUT2D eigenvalue weighted by atomic mass is 9.62. The third kappa shape index (κ3) is 2.24. The summed E-state index contributed by atoms with van der Waals surface area (Å²) in [6.07, 6.45) is 3.89. The Morgan fingerprint density at radius 2 is 1.94 bits per heavy atom. The zero-order chi connectivity index (χ0) is 13.2. The molecule has 18 heavy (non-hydrogen) atoms. The third-order valence-corrected chi connectivity index (χ3v) is 3.93. The van der Waals surface area contributed by atoms with Gasteiger partial charge in [-0.05, 0) is 30.5 Å². The van der Waals surface area contributed by atoms with Gasteiger partial charge in [0.25, 0.3) is 0 Å². The largest absolute Gasteiger partial charge is 0.349 e. The number of nitriles is 1. The van der Waals surface area contributed by atoms with Crippen LogP contribution >= 0.6 is 0 Å². The average Bonchev–Trinajstić information content (AvgIpc) is 2.33. The zero-order valence-corrected chi connectivity index (χ0v) is 10.9. The van der Waals surface area contributed by atoms with Gasteiger partial charge in [0.1, 0.15) is 0 Å². The first-order chi connectivity index (χ1) is 8.57. The number of carbonyl (C=O) groups is 1. The van der Waals surface area contributed by atoms with Gasteiger partial charge in [-0.2, -0.15) is 5.26 Å². The highest BCUT2D eigenvalue weighted by Crippen LogP contribution is 2.46. The summed E-state index contributed by atoms with van der Waals surface area (Å²) in [5, 5.41) is 8.81. The molecule has 1 aromatic carbocycles. The van der Waals surface area contributed by atoms with E-state index < -0.39 is 0 Å². The van der Waals surface area contributed by atoms with Gasteiger partial charge in [-0.1, -0.05) is 18.6 Å². The van der Waals surface area contributed by atoms with Crippen molar-refractivity contribution in [3.63, 3.8) is 0 Å². The Morgan fingerprint density at radius 1 is 1.33 bits per heavy atom. The van der Waals surface area contributed by atoms with Crippen LogP contribution in [0, 0.1) is 11.3 Å². The van der Waals surface area contributed by atoms with Crippen molar-refractivity contribution in [3.8, 4) is 6.07 Å². The van der Waals surface area contributed by atoms with E-state index in [1.807, 2.05) is 24.3 Å². The van der Waals surface area contributed by atoms with Crippen molar-refractivity contribution in [1.29, 1.82) is 5.26 Å². The van der Waals surface area contributed by atoms with Gasteiger partial charge in [0.15, 0.2) is 0 Å². The molecule has 0 aliphatic heterocycles. The lowest BCUT2D eigenvalue weighted by molar-refractivity contribution is -0.130. The van der Waals surface area contributed by atoms with Crippen molar-refractivity contribution < 1.29 is 4.79 Å². The quantitative estimate of drug-likeness (QED) is 0.817. The minimum absolute atomic E-state index is 0.00926. The lowest BCUT2D eigenvalue weighted by Crippen LogP contribution is -2.39. The number of hydrogen-bond donors (Lipinski definition) is 0. The Hall–Kier alpha value is -1.82. The topological polar surface area (TPSA) is 44.1 Å². The van der Waals surface area contributed by atoms with E-state index in [0.29, 0.717) is 12.0 Å². The molecule has 1 saturated carbocycles. The van der Waals surface area contributed by atoms with E-state index in [1.165, 1.54) is 12.0 Å². The Morgan fingerprint density at radius 3 is 2.33 bits per heavy atom. The van der Waals surface area contributed by atoms with Gasteiger partial charge in [-0.25, -0.2) is 0 Å². The molecule has 3 nitrogen and oxygen atoms in total. The van der Waals surface area contributed by atoms with Crippen molar-refractivity contribution in [2.24, 2.45) is 0 Å². The second kappa shape index (κ2) is 4.81. The van der Waals surface area contributed by atoms with Crippen LogP contribution in [0.2, 0.25) is 0 Å². The number of nitrogens with zero attached hydrogens (tertiary/aromatic N) is 2. The number of benzene rings is 1. The summed E-state index contributed by atoms with van der Waals surface area (Å²) in [6, 6.07) is 9.81. The maximum absolute atomic E-state index is 11.9. The molecular formula is C15H18N2O. The van der Waals surface area contributed by atoms with Crippen LogP contribution < -0.4 is 0 Å². The van der Waals surface area contributed by atoms with Gasteiger partial charge < -0.3 is 4.90 Å². The first-order valence-corrected chi connectivity index (χ1v) is 6.28. The van der Waals surface area contributed by atoms with E-state index in [2.05, 4.69) is 6.07 Å². The van der Waals surface area contributed by atoms with Gasteiger partial charge in [-0.3, -0.25) is 4.79 Å². The molecule has 3 heteroatoms. The van der Waals surface area contributed by atoms with Crippen molar-refractivity contribution in [2.75, 3.05) is 14.1 Å². The molecule has 1 aliphatic rings. The van der Waals surface area contributed by atoms with Crippen LogP contribution in [0.3, 0.4) is 0 Å². The second-order valence-electron chi connectivity index (χ2n) is 5.29. The van der Waals surface area contributed by atoms with E-state index >= 15 is 0 Å². The standard InChI is InChI=1S/C15H18N2O/c1-17(2)14(18)10-15(8-3-9-15)13-6-4-12(11-16)5-7-13/h4-7H,3,8-10H2,1-2H3. The lowest BCUT2D eigenvalue weighted by Gasteiger charge is -2.42. The van der Waals surface area contributed by atoms with Crippen LogP contribution in [0.1, 0.15) is 36.8 Å². The number of amides is 1. The molecule has 0 heterocycles. The predicted molar refractivity (Wildman–Crippen MR) is 70.0 cm³/mol. The van der Waals surface area contributed by atoms with Gasteiger partial charge >= 0.3 is 0 Å². The summed E-state index contributed by atoms with van der Waals surface area (Å²) in [6.45, 7) is 0. The molecular weight excluding hydrogens is 224 g/mol. The average molecular weight is 242 g/mol. The summed E-state index contributed by atoms with van der Waals surface area (Å²) in [4.78, 5) is 13.6. The highest BCUT2D eigenvalue weighted by molar-refractivity contribution is 5.77. The van der Waals surface area contributed by atoms with Gasteiger partial charge in [0.05, 0.1) is 11.6 Å². The van der Waals surface area contributed by atoms with Crippen molar-refractivity contribution >= 4 is 5.91 Å². The van der Waals surface area contributed by atoms with Crippen molar-refractivity contribution in [3.05, 3.63) is 35.4 Å². The molecule has 0 radical (unpaired) electrons. The number of carbonyl (C=O) groups excluding carboxylic acids is 1. The molecule has 1 fully saturated rings. The third-order valence-electron chi connectivity index (χ3n) is 3.93. The monoisotopic (exact) mass is 242 g/mol. The molecule has 0 spiro atoms. The van der Waals surface area contributed by atoms with E-state index in [-0.39, 0.29) is 11.3 Å². The Kier molecular flexibility index (Phi) is 3.38. The summed E-state index contributed by atoms with van der Waals surface area (Å²) in [5.74, 6) is 0.180. The molecule has 0 saturated heterocycles. The van der Waals surface area contributed by atoms with E-state index in [0.717, 1.165) is 12.8 Å². The molecule has 2 rings (SSSR count). The number of rotatable bonds is 3. The molecule has 1 aliphatic carbocycles. The molecule has 0 N–H and O–H groups in total. The fourth-order valence-electron chi connectivity index (χ4n) is 2.52. The van der Waals surface area contributed by atoms with Gasteiger partial charge in [0.2, 0.25) is 5.91 Å². The van der Waals surface area contributed by atoms with Crippen LogP contribution in [-0.4, -0.2) is 24.9 Å². The second-order valence-corrected chi connectivity index (χ2v) is 5.29. The molecule has 94 valence electrons. The first kappa shape index (κ1) is 12.6. The molecule has 1 aromatic rings. The summed E-state index contributed by atoms with van der Waals surface area (Å²) in [5.41, 5.74) is 1.88. The first-order valence-electron chi connectivity index (χ1n) is 6.28. The van der Waals surface area contributed by atoms with E-state index in [4.69, 9.17) is 5.26 Å². The van der Waals surface area contributed by atoms with Crippen molar-refractivity contribution in [1.82, 2.24) is 4.90 Å². The van der Waals surface area contributed by atoms with E-state index in [9.17, 15) is 4.79 Å². The minimum Gasteiger partial charge on any atom is -0.349 e. The normalized spacial score (nSPS) is 16.5. The van der Waals surface area contributed by atoms with Crippen LogP contribution in [0.4, 0.5) is 0 Å². The fourth-order valence-corrected chi connectivity index (χ4v) is 2.52. The molecule has 0 bridgehead atoms. The maximum atomic E-state index is 11.9. The highest BCUT2D eigenvalue weighted by Gasteiger charge is 2.40. The predicted octanol–water partition coefficient (Wildman–Crippen LogP) is 2.46. The zero-order valence-electron chi connectivity index (χ0n) is 10.9. The van der Waals surface area contributed by atoms with Crippen LogP contribution in [0.15, 0.2) is 24.3 Å². The van der Waals surface area contributed by atoms with E-state index in [1.54, 1.807) is 19.0 Å². The summed E-state index contributed by atoms with van der Waals surface area (Å²) < 4.78 is 0. The molecule has 0 unspecified atom stereocenters. The summed E-state index contributed by atoms with van der Waals surface area (Å²) >= 11 is 0. The molecule has 0 atom stereocenters. The Labute approximate surface area is 108 Å². The van der Waals surface area contributed by atoms with Crippen LogP contribution in [0.5, 0.6) is 0 Å². The van der Waals surface area contributed by atoms with Gasteiger partial charge in [-0.15, -0.1) is 0 Å². The van der Waals surface area contributed by atoms with Crippen molar-refractivity contribution in [2.45, 2.75) is 31.1 Å². The van der Waals surface area contributed by atoms with Crippen LogP contribution in [0.25, 0.3) is 0 Å². The highest BCUT2D eigenvalue weighted by atomic mass is 16.2. The maximum Gasteiger partial charge on any atom is 0.222 e. The van der Waals surface area contributed by atoms with Crippen LogP contribution in [-0.2, 0) is 10.2 Å². The molecule has 1 amide bonds. The SMILES string of the molecule is CN(C)C(=O)CC1(c2ccc(C#N)cc2)CCC1. The number of hydrogen-bond acceptors (Lipinski definition) is 2. The fraction of sp³-hybridized carbons (Fsp3) is 0.467. The Bertz CT molecular complexity index is 478. The summed E-state index contributed by atoms with van der Waals surface area (Å²) in [7, 11) is 3.60. The minimum atomic E-state index is 0.00926. The smallest absolute Gasteiger partial charge is 0.222 e. The molecule has 0 aromatic heterocycles. The Balaban J connectivity index is 2.21. The van der Waals surface area contributed by atoms with Gasteiger partial charge in [0, 0.05) is 25.9 Å².